The van der Waals surface area contributed by atoms with E-state index >= 15 is 0 Å². The van der Waals surface area contributed by atoms with Gasteiger partial charge in [-0.15, -0.1) is 0 Å². The maximum Gasteiger partial charge on any atom is 0.227 e. The molecule has 1 N–H and O–H groups in total. The van der Waals surface area contributed by atoms with Gasteiger partial charge in [-0.05, 0) is 6.07 Å². The van der Waals surface area contributed by atoms with Gasteiger partial charge in [-0.3, -0.25) is 4.79 Å². The first-order chi connectivity index (χ1) is 8.00. The first-order valence-electron chi connectivity index (χ1n) is 4.92. The van der Waals surface area contributed by atoms with Gasteiger partial charge in [0.1, 0.15) is 11.0 Å². The van der Waals surface area contributed by atoms with E-state index in [4.69, 9.17) is 23.2 Å². The summed E-state index contributed by atoms with van der Waals surface area (Å²) in [6, 6.07) is 1.56. The minimum Gasteiger partial charge on any atom is -0.323 e. The molecule has 0 saturated heterocycles. The summed E-state index contributed by atoms with van der Waals surface area (Å²) in [5.74, 6) is -0.257. The fourth-order valence-electron chi connectivity index (χ4n) is 1.26. The fourth-order valence-corrected chi connectivity index (χ4v) is 2.42. The molecule has 1 amide bonds. The molecule has 0 radical (unpaired) electrons. The second-order valence-electron chi connectivity index (χ2n) is 3.82. The van der Waals surface area contributed by atoms with E-state index in [9.17, 15) is 4.79 Å². The predicted molar refractivity (Wildman–Crippen MR) is 70.9 cm³/mol. The third-order valence-electron chi connectivity index (χ3n) is 2.22. The van der Waals surface area contributed by atoms with Gasteiger partial charge < -0.3 is 5.32 Å². The SMILES string of the molecule is CC(C)C(=O)Nc1c(Cl)cc(Cl)c2nsnc12. The highest BCUT2D eigenvalue weighted by Gasteiger charge is 2.17. The molecule has 17 heavy (non-hydrogen) atoms. The lowest BCUT2D eigenvalue weighted by atomic mass is 10.2. The van der Waals surface area contributed by atoms with Crippen molar-refractivity contribution < 1.29 is 4.79 Å². The van der Waals surface area contributed by atoms with Gasteiger partial charge in [0.25, 0.3) is 0 Å². The number of hydrogen-bond donors (Lipinski definition) is 1. The molecule has 7 heteroatoms. The summed E-state index contributed by atoms with van der Waals surface area (Å²) in [5.41, 5.74) is 1.56. The van der Waals surface area contributed by atoms with Gasteiger partial charge in [0, 0.05) is 5.92 Å². The molecule has 0 fully saturated rings. The number of carbonyl (C=O) groups is 1. The molecule has 1 aromatic heterocycles. The third kappa shape index (κ3) is 2.36. The van der Waals surface area contributed by atoms with Crippen LogP contribution in [0.4, 0.5) is 5.69 Å². The molecule has 1 aromatic carbocycles. The van der Waals surface area contributed by atoms with E-state index in [1.807, 2.05) is 0 Å². The number of aromatic nitrogens is 2. The highest BCUT2D eigenvalue weighted by molar-refractivity contribution is 7.00. The molecule has 0 saturated carbocycles. The molecule has 0 atom stereocenters. The summed E-state index contributed by atoms with van der Waals surface area (Å²) < 4.78 is 8.16. The van der Waals surface area contributed by atoms with Crippen molar-refractivity contribution in [3.8, 4) is 0 Å². The van der Waals surface area contributed by atoms with E-state index in [-0.39, 0.29) is 11.8 Å². The van der Waals surface area contributed by atoms with Crippen LogP contribution in [0, 0.1) is 5.92 Å². The van der Waals surface area contributed by atoms with E-state index in [0.29, 0.717) is 26.8 Å². The lowest BCUT2D eigenvalue weighted by Crippen LogP contribution is -2.18. The lowest BCUT2D eigenvalue weighted by molar-refractivity contribution is -0.118. The molecular weight excluding hydrogens is 281 g/mol. The largest absolute Gasteiger partial charge is 0.323 e. The van der Waals surface area contributed by atoms with Gasteiger partial charge in [-0.2, -0.15) is 8.75 Å². The Morgan fingerprint density at radius 2 is 1.94 bits per heavy atom. The number of amides is 1. The van der Waals surface area contributed by atoms with Crippen LogP contribution in [0.1, 0.15) is 13.8 Å². The van der Waals surface area contributed by atoms with Crippen LogP contribution in [-0.4, -0.2) is 14.7 Å². The quantitative estimate of drug-likeness (QED) is 0.919. The Hall–Kier alpha value is -0.910. The first-order valence-corrected chi connectivity index (χ1v) is 6.40. The van der Waals surface area contributed by atoms with Crippen LogP contribution >= 0.6 is 34.9 Å². The van der Waals surface area contributed by atoms with Crippen LogP contribution in [0.15, 0.2) is 6.07 Å². The predicted octanol–water partition coefficient (Wildman–Crippen LogP) is 3.59. The van der Waals surface area contributed by atoms with Crippen molar-refractivity contribution >= 4 is 57.6 Å². The molecule has 0 bridgehead atoms. The molecule has 2 rings (SSSR count). The van der Waals surface area contributed by atoms with E-state index in [2.05, 4.69) is 14.1 Å². The van der Waals surface area contributed by atoms with Crippen LogP contribution < -0.4 is 5.32 Å². The number of rotatable bonds is 2. The van der Waals surface area contributed by atoms with Crippen LogP contribution in [0.25, 0.3) is 11.0 Å². The lowest BCUT2D eigenvalue weighted by Gasteiger charge is -2.10. The standard InChI is InChI=1S/C10H9Cl2N3OS/c1-4(2)10(16)13-7-5(11)3-6(12)8-9(7)15-17-14-8/h3-4H,1-2H3,(H,13,16). The Morgan fingerprint density at radius 3 is 2.59 bits per heavy atom. The maximum absolute atomic E-state index is 11.7. The highest BCUT2D eigenvalue weighted by Crippen LogP contribution is 2.35. The Bertz CT molecular complexity index is 582. The van der Waals surface area contributed by atoms with E-state index in [1.54, 1.807) is 19.9 Å². The second-order valence-corrected chi connectivity index (χ2v) is 5.16. The van der Waals surface area contributed by atoms with E-state index in [1.165, 1.54) is 0 Å². The van der Waals surface area contributed by atoms with E-state index in [0.717, 1.165) is 11.7 Å². The van der Waals surface area contributed by atoms with Crippen molar-refractivity contribution in [3.63, 3.8) is 0 Å². The first kappa shape index (κ1) is 12.5. The van der Waals surface area contributed by atoms with Gasteiger partial charge in [0.05, 0.1) is 27.5 Å². The smallest absolute Gasteiger partial charge is 0.227 e. The molecule has 4 nitrogen and oxygen atoms in total. The molecule has 1 heterocycles. The van der Waals surface area contributed by atoms with Crippen molar-refractivity contribution in [2.24, 2.45) is 5.92 Å². The zero-order chi connectivity index (χ0) is 12.6. The second kappa shape index (κ2) is 4.76. The fraction of sp³-hybridized carbons (Fsp3) is 0.300. The molecule has 0 aliphatic carbocycles. The summed E-state index contributed by atoms with van der Waals surface area (Å²) in [7, 11) is 0. The Kier molecular flexibility index (Phi) is 3.51. The van der Waals surface area contributed by atoms with Crippen molar-refractivity contribution in [2.45, 2.75) is 13.8 Å². The molecule has 0 aliphatic rings. The molecule has 0 unspecified atom stereocenters. The Balaban J connectivity index is 2.53. The highest BCUT2D eigenvalue weighted by atomic mass is 35.5. The topological polar surface area (TPSA) is 54.9 Å². The summed E-state index contributed by atoms with van der Waals surface area (Å²) in [6.45, 7) is 3.60. The normalized spacial score (nSPS) is 11.1. The number of benzene rings is 1. The van der Waals surface area contributed by atoms with Crippen molar-refractivity contribution in [1.29, 1.82) is 0 Å². The van der Waals surface area contributed by atoms with E-state index < -0.39 is 0 Å². The molecule has 0 spiro atoms. The molecule has 2 aromatic rings. The zero-order valence-electron chi connectivity index (χ0n) is 9.12. The zero-order valence-corrected chi connectivity index (χ0v) is 11.4. The number of nitrogens with zero attached hydrogens (tertiary/aromatic N) is 2. The van der Waals surface area contributed by atoms with Crippen LogP contribution in [-0.2, 0) is 4.79 Å². The number of nitrogens with one attached hydrogen (secondary N) is 1. The van der Waals surface area contributed by atoms with Gasteiger partial charge >= 0.3 is 0 Å². The average molecular weight is 290 g/mol. The molecule has 0 aliphatic heterocycles. The van der Waals surface area contributed by atoms with Crippen LogP contribution in [0.2, 0.25) is 10.0 Å². The summed E-state index contributed by atoms with van der Waals surface area (Å²) in [6.07, 6.45) is 0. The monoisotopic (exact) mass is 289 g/mol. The van der Waals surface area contributed by atoms with Crippen molar-refractivity contribution in [1.82, 2.24) is 8.75 Å². The Morgan fingerprint density at radius 1 is 1.29 bits per heavy atom. The van der Waals surface area contributed by atoms with Crippen molar-refractivity contribution in [3.05, 3.63) is 16.1 Å². The summed E-state index contributed by atoms with van der Waals surface area (Å²) in [5, 5.41) is 3.54. The van der Waals surface area contributed by atoms with Gasteiger partial charge in [-0.25, -0.2) is 0 Å². The maximum atomic E-state index is 11.7. The number of carbonyl (C=O) groups excluding carboxylic acids is 1. The number of halogens is 2. The number of fused-ring (bicyclic) bond motifs is 1. The van der Waals surface area contributed by atoms with Crippen LogP contribution in [0.3, 0.4) is 0 Å². The van der Waals surface area contributed by atoms with Gasteiger partial charge in [0.2, 0.25) is 5.91 Å². The minimum atomic E-state index is -0.136. The Labute approximate surface area is 112 Å². The average Bonchev–Trinajstić information content (AvgIpc) is 2.72. The minimum absolute atomic E-state index is 0.122. The van der Waals surface area contributed by atoms with Crippen LogP contribution in [0.5, 0.6) is 0 Å². The summed E-state index contributed by atoms with van der Waals surface area (Å²) in [4.78, 5) is 11.7. The third-order valence-corrected chi connectivity index (χ3v) is 3.33. The molecule has 90 valence electrons. The summed E-state index contributed by atoms with van der Waals surface area (Å²) >= 11 is 13.1. The van der Waals surface area contributed by atoms with Crippen molar-refractivity contribution in [2.75, 3.05) is 5.32 Å². The number of hydrogen-bond acceptors (Lipinski definition) is 4. The van der Waals surface area contributed by atoms with Gasteiger partial charge in [-0.1, -0.05) is 37.0 Å². The molecular formula is C10H9Cl2N3OS. The number of anilines is 1. The van der Waals surface area contributed by atoms with Gasteiger partial charge in [0.15, 0.2) is 0 Å².